The Morgan fingerprint density at radius 3 is 2.11 bits per heavy atom. The topological polar surface area (TPSA) is 156 Å². The largest absolute Gasteiger partial charge is 0.480 e. The first-order chi connectivity index (χ1) is 8.38. The molecule has 104 valence electrons. The average Bonchev–Trinajstić information content (AvgIpc) is 2.31. The number of nitrogens with two attached hydrogens (primary N) is 2. The van der Waals surface area contributed by atoms with Crippen LogP contribution in [0.15, 0.2) is 0 Å². The van der Waals surface area contributed by atoms with E-state index in [4.69, 9.17) is 21.7 Å². The van der Waals surface area contributed by atoms with E-state index in [0.717, 1.165) is 21.6 Å². The second-order valence-corrected chi connectivity index (χ2v) is 5.73. The molecule has 7 N–H and O–H groups in total. The van der Waals surface area contributed by atoms with Gasteiger partial charge in [0.2, 0.25) is 5.91 Å². The Morgan fingerprint density at radius 1 is 1.11 bits per heavy atom. The zero-order valence-corrected chi connectivity index (χ0v) is 11.0. The van der Waals surface area contributed by atoms with Crippen LogP contribution in [0.4, 0.5) is 0 Å². The lowest BCUT2D eigenvalue weighted by molar-refractivity contribution is -0.141. The number of rotatable bonds is 9. The third-order valence-electron chi connectivity index (χ3n) is 1.70. The molecule has 0 rings (SSSR count). The summed E-state index contributed by atoms with van der Waals surface area (Å²) >= 11 is 0. The Balaban J connectivity index is 3.95. The van der Waals surface area contributed by atoms with Crippen LogP contribution in [0.5, 0.6) is 0 Å². The van der Waals surface area contributed by atoms with Gasteiger partial charge in [0, 0.05) is 11.5 Å². The first kappa shape index (κ1) is 17.0. The summed E-state index contributed by atoms with van der Waals surface area (Å²) in [7, 11) is 2.26. The molecule has 0 saturated heterocycles. The van der Waals surface area contributed by atoms with Gasteiger partial charge in [-0.25, -0.2) is 4.79 Å². The van der Waals surface area contributed by atoms with Crippen molar-refractivity contribution >= 4 is 39.4 Å². The highest BCUT2D eigenvalue weighted by atomic mass is 33.1. The number of aliphatic carboxylic acids is 2. The van der Waals surface area contributed by atoms with Gasteiger partial charge < -0.3 is 27.0 Å². The molecule has 0 unspecified atom stereocenters. The molecule has 0 saturated carbocycles. The zero-order chi connectivity index (χ0) is 14.1. The number of hydrogen-bond acceptors (Lipinski definition) is 7. The van der Waals surface area contributed by atoms with Crippen molar-refractivity contribution in [3.63, 3.8) is 0 Å². The van der Waals surface area contributed by atoms with Crippen molar-refractivity contribution in [1.82, 2.24) is 5.32 Å². The number of carboxylic acid groups (broad SMARTS) is 2. The number of amides is 1. The normalized spacial score (nSPS) is 13.7. The Labute approximate surface area is 111 Å². The summed E-state index contributed by atoms with van der Waals surface area (Å²) in [6.07, 6.45) is 0. The van der Waals surface area contributed by atoms with Crippen LogP contribution in [0, 0.1) is 0 Å². The zero-order valence-electron chi connectivity index (χ0n) is 9.37. The van der Waals surface area contributed by atoms with Crippen LogP contribution in [0.2, 0.25) is 0 Å². The third-order valence-corrected chi connectivity index (χ3v) is 4.15. The van der Waals surface area contributed by atoms with E-state index in [9.17, 15) is 14.4 Å². The van der Waals surface area contributed by atoms with Gasteiger partial charge >= 0.3 is 11.9 Å². The molecule has 0 aliphatic rings. The molecule has 0 heterocycles. The van der Waals surface area contributed by atoms with Gasteiger partial charge in [-0.1, -0.05) is 21.6 Å². The van der Waals surface area contributed by atoms with Crippen molar-refractivity contribution in [2.75, 3.05) is 18.1 Å². The molecule has 0 spiro atoms. The van der Waals surface area contributed by atoms with Gasteiger partial charge in [0.25, 0.3) is 0 Å². The van der Waals surface area contributed by atoms with Crippen molar-refractivity contribution in [1.29, 1.82) is 0 Å². The van der Waals surface area contributed by atoms with E-state index in [2.05, 4.69) is 5.32 Å². The molecule has 0 fully saturated rings. The van der Waals surface area contributed by atoms with Gasteiger partial charge in [0.1, 0.15) is 12.1 Å². The molecule has 0 aromatic rings. The smallest absolute Gasteiger partial charge is 0.327 e. The van der Waals surface area contributed by atoms with E-state index in [1.165, 1.54) is 0 Å². The first-order valence-corrected chi connectivity index (χ1v) is 7.32. The predicted molar refractivity (Wildman–Crippen MR) is 69.1 cm³/mol. The van der Waals surface area contributed by atoms with Crippen LogP contribution in [-0.4, -0.2) is 58.2 Å². The first-order valence-electron chi connectivity index (χ1n) is 4.83. The Hall–Kier alpha value is -0.970. The van der Waals surface area contributed by atoms with Crippen molar-refractivity contribution in [3.8, 4) is 0 Å². The maximum atomic E-state index is 10.9. The van der Waals surface area contributed by atoms with Crippen LogP contribution in [0.3, 0.4) is 0 Å². The molecule has 8 nitrogen and oxygen atoms in total. The highest BCUT2D eigenvalue weighted by Crippen LogP contribution is 2.22. The van der Waals surface area contributed by atoms with Crippen LogP contribution in [0.25, 0.3) is 0 Å². The molecule has 0 aromatic carbocycles. The summed E-state index contributed by atoms with van der Waals surface area (Å²) in [5.41, 5.74) is 10.3. The molecular formula is C8H15N3O5S2. The van der Waals surface area contributed by atoms with Crippen molar-refractivity contribution < 1.29 is 24.6 Å². The fourth-order valence-corrected chi connectivity index (χ4v) is 3.01. The molecule has 18 heavy (non-hydrogen) atoms. The highest BCUT2D eigenvalue weighted by Gasteiger charge is 2.20. The lowest BCUT2D eigenvalue weighted by Crippen LogP contribution is -2.45. The van der Waals surface area contributed by atoms with E-state index in [1.807, 2.05) is 0 Å². The molecule has 0 aliphatic heterocycles. The highest BCUT2D eigenvalue weighted by molar-refractivity contribution is 8.76. The quantitative estimate of drug-likeness (QED) is 0.247. The molecule has 10 heteroatoms. The van der Waals surface area contributed by atoms with Crippen LogP contribution >= 0.6 is 21.6 Å². The molecule has 2 atom stereocenters. The van der Waals surface area contributed by atoms with Crippen LogP contribution in [-0.2, 0) is 14.4 Å². The Kier molecular flexibility index (Phi) is 8.54. The molecule has 0 bridgehead atoms. The Morgan fingerprint density at radius 2 is 1.67 bits per heavy atom. The number of nitrogens with one attached hydrogen (secondary N) is 1. The van der Waals surface area contributed by atoms with Crippen molar-refractivity contribution in [3.05, 3.63) is 0 Å². The molecule has 0 aromatic heterocycles. The van der Waals surface area contributed by atoms with Crippen molar-refractivity contribution in [2.45, 2.75) is 12.1 Å². The summed E-state index contributed by atoms with van der Waals surface area (Å²) in [4.78, 5) is 32.1. The maximum Gasteiger partial charge on any atom is 0.327 e. The minimum absolute atomic E-state index is 0.0953. The summed E-state index contributed by atoms with van der Waals surface area (Å²) < 4.78 is 0. The van der Waals surface area contributed by atoms with E-state index in [0.29, 0.717) is 0 Å². The average molecular weight is 297 g/mol. The van der Waals surface area contributed by atoms with E-state index < -0.39 is 29.9 Å². The third kappa shape index (κ3) is 7.37. The fourth-order valence-electron chi connectivity index (χ4n) is 0.737. The molecular weight excluding hydrogens is 282 g/mol. The molecule has 1 amide bonds. The minimum atomic E-state index is -1.17. The van der Waals surface area contributed by atoms with Crippen molar-refractivity contribution in [2.24, 2.45) is 11.5 Å². The number of carbonyl (C=O) groups excluding carboxylic acids is 1. The monoisotopic (exact) mass is 297 g/mol. The molecule has 0 radical (unpaired) electrons. The minimum Gasteiger partial charge on any atom is -0.480 e. The van der Waals surface area contributed by atoms with Gasteiger partial charge in [-0.05, 0) is 0 Å². The lowest BCUT2D eigenvalue weighted by atomic mass is 10.3. The fraction of sp³-hybridized carbons (Fsp3) is 0.625. The maximum absolute atomic E-state index is 10.9. The Bertz CT molecular complexity index is 315. The standard InChI is InChI=1S/C8H15N3O5S2/c9-1-6(12)11-5(8(15)16)3-18-17-2-4(10)7(13)14/h4-5H,1-3,9-10H2,(H,11,12)(H,13,14)(H,15,16)/t4-,5+/m0/s1. The summed E-state index contributed by atoms with van der Waals surface area (Å²) in [6, 6.07) is -2.05. The van der Waals surface area contributed by atoms with Crippen LogP contribution < -0.4 is 16.8 Å². The number of hydrogen-bond donors (Lipinski definition) is 5. The summed E-state index contributed by atoms with van der Waals surface area (Å²) in [6.45, 7) is -0.286. The van der Waals surface area contributed by atoms with Gasteiger partial charge in [0.05, 0.1) is 6.54 Å². The van der Waals surface area contributed by atoms with Gasteiger partial charge in [-0.2, -0.15) is 0 Å². The van der Waals surface area contributed by atoms with E-state index >= 15 is 0 Å². The van der Waals surface area contributed by atoms with Gasteiger partial charge in [-0.15, -0.1) is 0 Å². The predicted octanol–water partition coefficient (Wildman–Crippen LogP) is -1.69. The number of carbonyl (C=O) groups is 3. The van der Waals surface area contributed by atoms with E-state index in [1.54, 1.807) is 0 Å². The summed E-state index contributed by atoms with van der Waals surface area (Å²) in [5.74, 6) is -2.60. The SMILES string of the molecule is NCC(=O)N[C@H](CSSC[C@H](N)C(=O)O)C(=O)O. The number of carboxylic acids is 2. The second-order valence-electron chi connectivity index (χ2n) is 3.18. The second kappa shape index (κ2) is 9.03. The summed E-state index contributed by atoms with van der Waals surface area (Å²) in [5, 5.41) is 19.6. The van der Waals surface area contributed by atoms with Crippen LogP contribution in [0.1, 0.15) is 0 Å². The molecule has 0 aliphatic carbocycles. The van der Waals surface area contributed by atoms with Gasteiger partial charge in [-0.3, -0.25) is 9.59 Å². The lowest BCUT2D eigenvalue weighted by Gasteiger charge is -2.13. The van der Waals surface area contributed by atoms with Gasteiger partial charge in [0.15, 0.2) is 0 Å². The van der Waals surface area contributed by atoms with E-state index in [-0.39, 0.29) is 18.1 Å².